The molecule has 3 aliphatic rings. The van der Waals surface area contributed by atoms with E-state index in [2.05, 4.69) is 93.6 Å². The predicted molar refractivity (Wildman–Crippen MR) is 179 cm³/mol. The Bertz CT molecular complexity index is 1530. The zero-order chi connectivity index (χ0) is 30.8. The van der Waals surface area contributed by atoms with Gasteiger partial charge in [0.25, 0.3) is 0 Å². The van der Waals surface area contributed by atoms with Crippen LogP contribution >= 0.6 is 0 Å². The normalized spacial score (nSPS) is 20.6. The van der Waals surface area contributed by atoms with Crippen molar-refractivity contribution >= 4 is 17.7 Å². The van der Waals surface area contributed by atoms with E-state index in [-0.39, 0.29) is 18.1 Å². The van der Waals surface area contributed by atoms with Crippen LogP contribution in [-0.2, 0) is 33.5 Å². The fourth-order valence-electron chi connectivity index (χ4n) is 6.74. The number of nitrogens with zero attached hydrogens (tertiary/aromatic N) is 3. The number of hydrogen-bond donors (Lipinski definition) is 0. The highest BCUT2D eigenvalue weighted by molar-refractivity contribution is 5.86. The molecule has 0 saturated heterocycles. The molecule has 45 heavy (non-hydrogen) atoms. The van der Waals surface area contributed by atoms with Crippen LogP contribution in [-0.4, -0.2) is 37.5 Å². The van der Waals surface area contributed by atoms with Crippen LogP contribution in [0.25, 0.3) is 0 Å². The molecular weight excluding hydrogens is 558 g/mol. The molecule has 3 heterocycles. The van der Waals surface area contributed by atoms with E-state index >= 15 is 0 Å². The summed E-state index contributed by atoms with van der Waals surface area (Å²) in [6.45, 7) is 8.37. The fourth-order valence-corrected chi connectivity index (χ4v) is 6.74. The topological polar surface area (TPSA) is 64.8 Å². The first-order valence-electron chi connectivity index (χ1n) is 15.9. The summed E-state index contributed by atoms with van der Waals surface area (Å²) >= 11 is 0. The lowest BCUT2D eigenvalue weighted by Gasteiger charge is -2.22. The van der Waals surface area contributed by atoms with Crippen molar-refractivity contribution in [2.24, 2.45) is 15.0 Å². The van der Waals surface area contributed by atoms with Crippen molar-refractivity contribution in [1.29, 1.82) is 0 Å². The van der Waals surface area contributed by atoms with Crippen LogP contribution in [0.4, 0.5) is 0 Å². The number of ether oxygens (including phenoxy) is 3. The average Bonchev–Trinajstić information content (AvgIpc) is 3.87. The average molecular weight is 598 g/mol. The van der Waals surface area contributed by atoms with Gasteiger partial charge in [0.2, 0.25) is 0 Å². The SMILES string of the molecule is Cc1c(CC2=N[C@@H](c3ccccc3)CO2)c(C)c(CC2=N[C@@H](c3ccccc3)CO2)c(C)c1CC1=N[C@@H](c2ccccc2)CO1. The van der Waals surface area contributed by atoms with Crippen LogP contribution in [0.2, 0.25) is 0 Å². The third-order valence-electron chi connectivity index (χ3n) is 9.38. The third kappa shape index (κ3) is 6.15. The van der Waals surface area contributed by atoms with E-state index in [4.69, 9.17) is 29.2 Å². The maximum Gasteiger partial charge on any atom is 0.188 e. The van der Waals surface area contributed by atoms with Gasteiger partial charge in [0.1, 0.15) is 37.9 Å². The van der Waals surface area contributed by atoms with E-state index in [0.29, 0.717) is 39.1 Å². The number of hydrogen-bond acceptors (Lipinski definition) is 6. The first-order valence-corrected chi connectivity index (χ1v) is 15.9. The van der Waals surface area contributed by atoms with Crippen LogP contribution in [0.1, 0.15) is 68.2 Å². The van der Waals surface area contributed by atoms with E-state index in [1.54, 1.807) is 0 Å². The zero-order valence-electron chi connectivity index (χ0n) is 26.2. The maximum atomic E-state index is 6.19. The Kier molecular flexibility index (Phi) is 8.21. The summed E-state index contributed by atoms with van der Waals surface area (Å²) in [5.41, 5.74) is 11.0. The van der Waals surface area contributed by atoms with Crippen molar-refractivity contribution in [3.63, 3.8) is 0 Å². The van der Waals surface area contributed by atoms with Crippen LogP contribution in [0.5, 0.6) is 0 Å². The molecule has 0 aliphatic carbocycles. The van der Waals surface area contributed by atoms with Crippen LogP contribution in [0.15, 0.2) is 106 Å². The molecule has 0 amide bonds. The molecule has 4 aromatic carbocycles. The second-order valence-corrected chi connectivity index (χ2v) is 12.1. The van der Waals surface area contributed by atoms with E-state index in [0.717, 1.165) is 17.7 Å². The van der Waals surface area contributed by atoms with Gasteiger partial charge in [-0.3, -0.25) is 0 Å². The Morgan fingerprint density at radius 1 is 0.444 bits per heavy atom. The van der Waals surface area contributed by atoms with Gasteiger partial charge in [0.15, 0.2) is 17.7 Å². The van der Waals surface area contributed by atoms with E-state index in [1.807, 2.05) is 18.2 Å². The van der Waals surface area contributed by atoms with Crippen molar-refractivity contribution in [1.82, 2.24) is 0 Å². The van der Waals surface area contributed by atoms with E-state index < -0.39 is 0 Å². The maximum absolute atomic E-state index is 6.19. The molecule has 228 valence electrons. The molecule has 7 rings (SSSR count). The van der Waals surface area contributed by atoms with Gasteiger partial charge in [-0.2, -0.15) is 0 Å². The molecule has 0 aromatic heterocycles. The number of benzene rings is 4. The smallest absolute Gasteiger partial charge is 0.188 e. The molecule has 0 bridgehead atoms. The van der Waals surface area contributed by atoms with Gasteiger partial charge >= 0.3 is 0 Å². The van der Waals surface area contributed by atoms with Crippen molar-refractivity contribution in [3.05, 3.63) is 141 Å². The Labute approximate surface area is 265 Å². The molecule has 3 atom stereocenters. The molecular formula is C39H39N3O3. The van der Waals surface area contributed by atoms with Crippen LogP contribution in [0, 0.1) is 20.8 Å². The van der Waals surface area contributed by atoms with Crippen molar-refractivity contribution in [3.8, 4) is 0 Å². The third-order valence-corrected chi connectivity index (χ3v) is 9.38. The van der Waals surface area contributed by atoms with E-state index in [1.165, 1.54) is 50.1 Å². The standard InChI is InChI=1S/C39H39N3O3/c1-25-31(19-37-40-34(22-43-37)28-13-7-4-8-14-28)26(2)33(21-39-42-36(24-45-39)30-17-11-6-12-18-30)27(3)32(25)20-38-41-35(23-44-38)29-15-9-5-10-16-29/h4-18,34-36H,19-24H2,1-3H3/t34-,35-,36-/m1/s1. The molecule has 0 N–H and O–H groups in total. The Hall–Kier alpha value is -4.71. The minimum atomic E-state index is 0.0264. The van der Waals surface area contributed by atoms with Gasteiger partial charge in [-0.15, -0.1) is 0 Å². The Morgan fingerprint density at radius 3 is 0.978 bits per heavy atom. The van der Waals surface area contributed by atoms with Crippen LogP contribution in [0.3, 0.4) is 0 Å². The molecule has 6 heteroatoms. The zero-order valence-corrected chi connectivity index (χ0v) is 26.2. The van der Waals surface area contributed by atoms with E-state index in [9.17, 15) is 0 Å². The highest BCUT2D eigenvalue weighted by atomic mass is 16.5. The van der Waals surface area contributed by atoms with Gasteiger partial charge in [-0.1, -0.05) is 91.0 Å². The largest absolute Gasteiger partial charge is 0.478 e. The summed E-state index contributed by atoms with van der Waals surface area (Å²) in [7, 11) is 0. The molecule has 0 radical (unpaired) electrons. The Balaban J connectivity index is 1.22. The summed E-state index contributed by atoms with van der Waals surface area (Å²) in [6.07, 6.45) is 1.92. The minimum Gasteiger partial charge on any atom is -0.478 e. The van der Waals surface area contributed by atoms with Gasteiger partial charge < -0.3 is 14.2 Å². The summed E-state index contributed by atoms with van der Waals surface area (Å²) in [6, 6.07) is 31.2. The lowest BCUT2D eigenvalue weighted by Crippen LogP contribution is -2.16. The number of rotatable bonds is 9. The van der Waals surface area contributed by atoms with Gasteiger partial charge in [0, 0.05) is 19.3 Å². The highest BCUT2D eigenvalue weighted by Gasteiger charge is 2.28. The highest BCUT2D eigenvalue weighted by Crippen LogP contribution is 2.34. The monoisotopic (exact) mass is 597 g/mol. The predicted octanol–water partition coefficient (Wildman–Crippen LogP) is 7.75. The Morgan fingerprint density at radius 2 is 0.711 bits per heavy atom. The molecule has 4 aromatic rings. The van der Waals surface area contributed by atoms with Gasteiger partial charge in [-0.05, 0) is 70.8 Å². The van der Waals surface area contributed by atoms with Crippen molar-refractivity contribution < 1.29 is 14.2 Å². The second kappa shape index (κ2) is 12.7. The van der Waals surface area contributed by atoms with Crippen molar-refractivity contribution in [2.75, 3.05) is 19.8 Å². The molecule has 3 aliphatic heterocycles. The molecule has 0 spiro atoms. The fraction of sp³-hybridized carbons (Fsp3) is 0.308. The number of aliphatic imine (C=N–C) groups is 3. The lowest BCUT2D eigenvalue weighted by molar-refractivity contribution is 0.313. The van der Waals surface area contributed by atoms with Gasteiger partial charge in [-0.25, -0.2) is 15.0 Å². The molecule has 0 unspecified atom stereocenters. The minimum absolute atomic E-state index is 0.0264. The summed E-state index contributed by atoms with van der Waals surface area (Å²) in [5.74, 6) is 2.36. The first-order chi connectivity index (χ1) is 22.0. The summed E-state index contributed by atoms with van der Waals surface area (Å²) in [5, 5.41) is 0. The molecule has 0 saturated carbocycles. The quantitative estimate of drug-likeness (QED) is 0.198. The van der Waals surface area contributed by atoms with Gasteiger partial charge in [0.05, 0.1) is 0 Å². The summed E-state index contributed by atoms with van der Waals surface area (Å²) in [4.78, 5) is 15.0. The summed E-state index contributed by atoms with van der Waals surface area (Å²) < 4.78 is 18.6. The first kappa shape index (κ1) is 29.0. The molecule has 6 nitrogen and oxygen atoms in total. The molecule has 0 fully saturated rings. The van der Waals surface area contributed by atoms with Crippen molar-refractivity contribution in [2.45, 2.75) is 58.2 Å². The second-order valence-electron chi connectivity index (χ2n) is 12.1. The lowest BCUT2D eigenvalue weighted by atomic mass is 9.84. The van der Waals surface area contributed by atoms with Crippen LogP contribution < -0.4 is 0 Å².